The van der Waals surface area contributed by atoms with Gasteiger partial charge in [-0.3, -0.25) is 14.9 Å². The molecule has 1 aliphatic rings. The van der Waals surface area contributed by atoms with Gasteiger partial charge in [-0.05, 0) is 13.0 Å². The number of hydrogen-bond donors (Lipinski definition) is 0. The van der Waals surface area contributed by atoms with Crippen LogP contribution in [-0.4, -0.2) is 46.9 Å². The molecule has 1 fully saturated rings. The molecule has 0 atom stereocenters. The summed E-state index contributed by atoms with van der Waals surface area (Å²) < 4.78 is 0. The average molecular weight is 306 g/mol. The van der Waals surface area contributed by atoms with Crippen LogP contribution in [0.25, 0.3) is 0 Å². The molecule has 0 saturated carbocycles. The van der Waals surface area contributed by atoms with Gasteiger partial charge in [0.25, 0.3) is 5.69 Å². The van der Waals surface area contributed by atoms with Crippen molar-refractivity contribution < 1.29 is 9.72 Å². The van der Waals surface area contributed by atoms with Crippen LogP contribution in [0.5, 0.6) is 0 Å². The maximum atomic E-state index is 12.3. The second-order valence-corrected chi connectivity index (χ2v) is 6.62. The molecule has 7 heteroatoms. The predicted molar refractivity (Wildman–Crippen MR) is 83.9 cm³/mol. The lowest BCUT2D eigenvalue weighted by molar-refractivity contribution is -0.385. The molecular weight excluding hydrogens is 284 g/mol. The zero-order chi connectivity index (χ0) is 16.5. The standard InChI is InChI=1S/C15H22N4O3/c1-11-9-13(16-10-12(11)19(21)22)17-5-7-18(8-6-17)14(20)15(2,3)4/h9-10H,5-8H2,1-4H3. The Bertz CT molecular complexity index is 587. The summed E-state index contributed by atoms with van der Waals surface area (Å²) in [5.74, 6) is 0.881. The number of hydrogen-bond acceptors (Lipinski definition) is 5. The summed E-state index contributed by atoms with van der Waals surface area (Å²) in [6.45, 7) is 10.1. The van der Waals surface area contributed by atoms with E-state index in [1.807, 2.05) is 25.7 Å². The zero-order valence-corrected chi connectivity index (χ0v) is 13.5. The Morgan fingerprint density at radius 3 is 2.32 bits per heavy atom. The number of aryl methyl sites for hydroxylation is 1. The topological polar surface area (TPSA) is 79.6 Å². The van der Waals surface area contributed by atoms with E-state index in [1.54, 1.807) is 13.0 Å². The summed E-state index contributed by atoms with van der Waals surface area (Å²) >= 11 is 0. The normalized spacial score (nSPS) is 15.8. The van der Waals surface area contributed by atoms with Gasteiger partial charge >= 0.3 is 0 Å². The SMILES string of the molecule is Cc1cc(N2CCN(C(=O)C(C)(C)C)CC2)ncc1[N+](=O)[O-]. The molecule has 0 radical (unpaired) electrons. The molecule has 0 spiro atoms. The van der Waals surface area contributed by atoms with E-state index in [0.29, 0.717) is 31.7 Å². The number of carbonyl (C=O) groups is 1. The van der Waals surface area contributed by atoms with Crippen LogP contribution >= 0.6 is 0 Å². The lowest BCUT2D eigenvalue weighted by Gasteiger charge is -2.38. The van der Waals surface area contributed by atoms with Gasteiger partial charge in [-0.25, -0.2) is 4.98 Å². The van der Waals surface area contributed by atoms with Crippen LogP contribution in [0.2, 0.25) is 0 Å². The van der Waals surface area contributed by atoms with Crippen molar-refractivity contribution in [2.75, 3.05) is 31.1 Å². The molecular formula is C15H22N4O3. The summed E-state index contributed by atoms with van der Waals surface area (Å²) in [5.41, 5.74) is 0.262. The molecule has 7 nitrogen and oxygen atoms in total. The maximum absolute atomic E-state index is 12.3. The van der Waals surface area contributed by atoms with E-state index in [2.05, 4.69) is 9.88 Å². The van der Waals surface area contributed by atoms with Gasteiger partial charge < -0.3 is 9.80 Å². The highest BCUT2D eigenvalue weighted by molar-refractivity contribution is 5.81. The largest absolute Gasteiger partial charge is 0.353 e. The smallest absolute Gasteiger partial charge is 0.290 e. The number of carbonyl (C=O) groups excluding carboxylic acids is 1. The number of pyridine rings is 1. The van der Waals surface area contributed by atoms with Crippen molar-refractivity contribution in [2.45, 2.75) is 27.7 Å². The molecule has 0 aliphatic carbocycles. The van der Waals surface area contributed by atoms with Crippen LogP contribution in [0.1, 0.15) is 26.3 Å². The van der Waals surface area contributed by atoms with Gasteiger partial charge in [-0.2, -0.15) is 0 Å². The van der Waals surface area contributed by atoms with E-state index in [9.17, 15) is 14.9 Å². The van der Waals surface area contributed by atoms with Crippen LogP contribution in [0, 0.1) is 22.5 Å². The Balaban J connectivity index is 2.05. The minimum Gasteiger partial charge on any atom is -0.353 e. The summed E-state index contributed by atoms with van der Waals surface area (Å²) in [6, 6.07) is 1.74. The Kier molecular flexibility index (Phi) is 4.35. The minimum absolute atomic E-state index is 0.0327. The first-order valence-corrected chi connectivity index (χ1v) is 7.35. The first-order chi connectivity index (χ1) is 10.2. The van der Waals surface area contributed by atoms with Crippen molar-refractivity contribution in [1.82, 2.24) is 9.88 Å². The van der Waals surface area contributed by atoms with E-state index in [0.717, 1.165) is 5.82 Å². The van der Waals surface area contributed by atoms with E-state index < -0.39 is 4.92 Å². The minimum atomic E-state index is -0.425. The third-order valence-corrected chi connectivity index (χ3v) is 3.80. The van der Waals surface area contributed by atoms with Crippen LogP contribution in [0.3, 0.4) is 0 Å². The van der Waals surface area contributed by atoms with Gasteiger partial charge in [0.15, 0.2) is 0 Å². The van der Waals surface area contributed by atoms with Gasteiger partial charge in [0.2, 0.25) is 5.91 Å². The number of piperazine rings is 1. The zero-order valence-electron chi connectivity index (χ0n) is 13.5. The Hall–Kier alpha value is -2.18. The van der Waals surface area contributed by atoms with Crippen LogP contribution in [-0.2, 0) is 4.79 Å². The van der Waals surface area contributed by atoms with E-state index in [1.165, 1.54) is 6.20 Å². The first kappa shape index (κ1) is 16.2. The molecule has 1 aromatic heterocycles. The fourth-order valence-corrected chi connectivity index (χ4v) is 2.51. The average Bonchev–Trinajstić information content (AvgIpc) is 2.45. The summed E-state index contributed by atoms with van der Waals surface area (Å²) in [7, 11) is 0. The predicted octanol–water partition coefficient (Wildman–Crippen LogP) is 1.99. The number of aromatic nitrogens is 1. The van der Waals surface area contributed by atoms with Gasteiger partial charge in [0.1, 0.15) is 12.0 Å². The molecule has 2 rings (SSSR count). The number of nitro groups is 1. The Morgan fingerprint density at radius 1 is 1.27 bits per heavy atom. The van der Waals surface area contributed by atoms with Crippen molar-refractivity contribution in [3.8, 4) is 0 Å². The van der Waals surface area contributed by atoms with Gasteiger partial charge in [-0.15, -0.1) is 0 Å². The second-order valence-electron chi connectivity index (χ2n) is 6.62. The van der Waals surface area contributed by atoms with Crippen molar-refractivity contribution in [2.24, 2.45) is 5.41 Å². The molecule has 2 heterocycles. The Morgan fingerprint density at radius 2 is 1.86 bits per heavy atom. The molecule has 1 amide bonds. The van der Waals surface area contributed by atoms with E-state index in [-0.39, 0.29) is 17.0 Å². The van der Waals surface area contributed by atoms with Crippen molar-refractivity contribution in [3.05, 3.63) is 27.9 Å². The molecule has 0 unspecified atom stereocenters. The molecule has 0 aromatic carbocycles. The highest BCUT2D eigenvalue weighted by Gasteiger charge is 2.30. The third-order valence-electron chi connectivity index (χ3n) is 3.80. The van der Waals surface area contributed by atoms with Crippen molar-refractivity contribution >= 4 is 17.4 Å². The molecule has 1 aliphatic heterocycles. The van der Waals surface area contributed by atoms with E-state index >= 15 is 0 Å². The fourth-order valence-electron chi connectivity index (χ4n) is 2.51. The number of amides is 1. The third kappa shape index (κ3) is 3.35. The summed E-state index contributed by atoms with van der Waals surface area (Å²) in [6.07, 6.45) is 1.30. The maximum Gasteiger partial charge on any atom is 0.290 e. The fraction of sp³-hybridized carbons (Fsp3) is 0.600. The highest BCUT2D eigenvalue weighted by atomic mass is 16.6. The molecule has 22 heavy (non-hydrogen) atoms. The van der Waals surface area contributed by atoms with Crippen LogP contribution in [0.4, 0.5) is 11.5 Å². The van der Waals surface area contributed by atoms with Crippen LogP contribution in [0.15, 0.2) is 12.3 Å². The monoisotopic (exact) mass is 306 g/mol. The summed E-state index contributed by atoms with van der Waals surface area (Å²) in [4.78, 5) is 30.8. The Labute approximate surface area is 130 Å². The number of nitrogens with zero attached hydrogens (tertiary/aromatic N) is 4. The molecule has 1 aromatic rings. The molecule has 1 saturated heterocycles. The van der Waals surface area contributed by atoms with Crippen molar-refractivity contribution in [1.29, 1.82) is 0 Å². The lowest BCUT2D eigenvalue weighted by atomic mass is 9.94. The van der Waals surface area contributed by atoms with Crippen LogP contribution < -0.4 is 4.90 Å². The van der Waals surface area contributed by atoms with Gasteiger partial charge in [0.05, 0.1) is 4.92 Å². The van der Waals surface area contributed by atoms with Crippen molar-refractivity contribution in [3.63, 3.8) is 0 Å². The highest BCUT2D eigenvalue weighted by Crippen LogP contribution is 2.23. The quantitative estimate of drug-likeness (QED) is 0.616. The molecule has 0 N–H and O–H groups in total. The lowest BCUT2D eigenvalue weighted by Crippen LogP contribution is -2.51. The van der Waals surface area contributed by atoms with Gasteiger partial charge in [-0.1, -0.05) is 20.8 Å². The van der Waals surface area contributed by atoms with Gasteiger partial charge in [0, 0.05) is 37.2 Å². The first-order valence-electron chi connectivity index (χ1n) is 7.35. The second kappa shape index (κ2) is 5.90. The summed E-state index contributed by atoms with van der Waals surface area (Å²) in [5, 5.41) is 10.8. The molecule has 0 bridgehead atoms. The molecule has 120 valence electrons. The number of rotatable bonds is 2. The van der Waals surface area contributed by atoms with E-state index in [4.69, 9.17) is 0 Å². The number of anilines is 1.